The number of sulfonamides is 1. The van der Waals surface area contributed by atoms with E-state index in [0.717, 1.165) is 12.1 Å². The van der Waals surface area contributed by atoms with Crippen molar-refractivity contribution in [3.05, 3.63) is 18.0 Å². The Bertz CT molecular complexity index is 532. The fourth-order valence-corrected chi connectivity index (χ4v) is 3.64. The summed E-state index contributed by atoms with van der Waals surface area (Å²) in [5, 5.41) is 0. The lowest BCUT2D eigenvalue weighted by molar-refractivity contribution is 0.107. The summed E-state index contributed by atoms with van der Waals surface area (Å²) in [6.45, 7) is 6.09. The molecule has 3 N–H and O–H groups in total. The van der Waals surface area contributed by atoms with Gasteiger partial charge in [-0.2, -0.15) is 0 Å². The number of aromatic nitrogens is 1. The normalized spacial score (nSPS) is 23.4. The van der Waals surface area contributed by atoms with Crippen LogP contribution in [0.1, 0.15) is 26.0 Å². The van der Waals surface area contributed by atoms with E-state index in [-0.39, 0.29) is 16.9 Å². The molecule has 0 saturated carbocycles. The minimum atomic E-state index is -3.47. The summed E-state index contributed by atoms with van der Waals surface area (Å²) >= 11 is 0. The second-order valence-corrected chi connectivity index (χ2v) is 6.90. The summed E-state index contributed by atoms with van der Waals surface area (Å²) < 4.78 is 34.5. The highest BCUT2D eigenvalue weighted by Crippen LogP contribution is 2.21. The van der Waals surface area contributed by atoms with Gasteiger partial charge in [0.2, 0.25) is 10.0 Å². The molecule has 1 aromatic heterocycles. The van der Waals surface area contributed by atoms with Gasteiger partial charge in [0.25, 0.3) is 0 Å². The summed E-state index contributed by atoms with van der Waals surface area (Å²) in [6.07, 6.45) is 2.64. The first kappa shape index (κ1) is 15.5. The van der Waals surface area contributed by atoms with Crippen molar-refractivity contribution in [3.8, 4) is 0 Å². The second-order valence-electron chi connectivity index (χ2n) is 5.13. The van der Waals surface area contributed by atoms with E-state index in [1.54, 1.807) is 12.3 Å². The average Bonchev–Trinajstić information content (AvgIpc) is 3.02. The van der Waals surface area contributed by atoms with Crippen LogP contribution in [0, 0.1) is 5.92 Å². The summed E-state index contributed by atoms with van der Waals surface area (Å²) in [6, 6.07) is 1.64. The molecule has 0 spiro atoms. The molecule has 1 aliphatic rings. The van der Waals surface area contributed by atoms with E-state index < -0.39 is 10.0 Å². The Hall–Kier alpha value is -0.890. The van der Waals surface area contributed by atoms with Crippen molar-refractivity contribution in [1.29, 1.82) is 0 Å². The molecule has 0 amide bonds. The number of aryl methyl sites for hydroxylation is 1. The zero-order chi connectivity index (χ0) is 14.8. The first-order valence-electron chi connectivity index (χ1n) is 6.98. The van der Waals surface area contributed by atoms with Crippen LogP contribution in [0.2, 0.25) is 0 Å². The first-order valence-corrected chi connectivity index (χ1v) is 8.46. The number of hydrogen-bond donors (Lipinski definition) is 2. The van der Waals surface area contributed by atoms with Crippen LogP contribution in [0.4, 0.5) is 0 Å². The Labute approximate surface area is 120 Å². The van der Waals surface area contributed by atoms with Crippen LogP contribution in [0.3, 0.4) is 0 Å². The number of hydrogen-bond acceptors (Lipinski definition) is 4. The minimum Gasteiger partial charge on any atom is -0.378 e. The lowest BCUT2D eigenvalue weighted by Gasteiger charge is -2.14. The molecule has 0 radical (unpaired) electrons. The van der Waals surface area contributed by atoms with Crippen LogP contribution in [0.25, 0.3) is 0 Å². The van der Waals surface area contributed by atoms with Crippen molar-refractivity contribution < 1.29 is 13.2 Å². The zero-order valence-corrected chi connectivity index (χ0v) is 12.8. The molecule has 2 unspecified atom stereocenters. The Morgan fingerprint density at radius 3 is 2.80 bits per heavy atom. The summed E-state index contributed by atoms with van der Waals surface area (Å²) in [7, 11) is -3.47. The highest BCUT2D eigenvalue weighted by atomic mass is 32.2. The van der Waals surface area contributed by atoms with E-state index in [1.165, 1.54) is 0 Å². The predicted octanol–water partition coefficient (Wildman–Crippen LogP) is 0.670. The smallest absolute Gasteiger partial charge is 0.242 e. The van der Waals surface area contributed by atoms with Gasteiger partial charge < -0.3 is 15.0 Å². The Morgan fingerprint density at radius 1 is 1.55 bits per heavy atom. The van der Waals surface area contributed by atoms with E-state index in [4.69, 9.17) is 10.5 Å². The van der Waals surface area contributed by atoms with Gasteiger partial charge in [-0.1, -0.05) is 0 Å². The molecule has 1 aromatic rings. The monoisotopic (exact) mass is 301 g/mol. The standard InChI is InChI=1S/C13H23N3O3S/c1-3-16-9-13(6-12(16)7-14)20(17,18)15-8-11-4-5-19-10(11)2/h6,9-11,15H,3-5,7-8,14H2,1-2H3. The number of nitrogens with two attached hydrogens (primary N) is 1. The van der Waals surface area contributed by atoms with Crippen molar-refractivity contribution in [3.63, 3.8) is 0 Å². The number of ether oxygens (including phenoxy) is 1. The molecule has 0 bridgehead atoms. The Morgan fingerprint density at radius 2 is 2.30 bits per heavy atom. The van der Waals surface area contributed by atoms with E-state index >= 15 is 0 Å². The molecule has 2 rings (SSSR count). The molecule has 2 atom stereocenters. The third-order valence-corrected chi connectivity index (χ3v) is 5.28. The van der Waals surface area contributed by atoms with E-state index in [2.05, 4.69) is 4.72 Å². The fraction of sp³-hybridized carbons (Fsp3) is 0.692. The molecular formula is C13H23N3O3S. The molecule has 2 heterocycles. The van der Waals surface area contributed by atoms with Gasteiger partial charge in [-0.05, 0) is 26.3 Å². The Balaban J connectivity index is 2.08. The SMILES string of the molecule is CCn1cc(S(=O)(=O)NCC2CCOC2C)cc1CN. The molecule has 1 aliphatic heterocycles. The third-order valence-electron chi connectivity index (χ3n) is 3.89. The number of nitrogens with one attached hydrogen (secondary N) is 1. The van der Waals surface area contributed by atoms with Crippen molar-refractivity contribution in [2.24, 2.45) is 11.7 Å². The van der Waals surface area contributed by atoms with Gasteiger partial charge >= 0.3 is 0 Å². The fourth-order valence-electron chi connectivity index (χ4n) is 2.48. The quantitative estimate of drug-likeness (QED) is 0.808. The van der Waals surface area contributed by atoms with E-state index in [9.17, 15) is 8.42 Å². The maximum absolute atomic E-state index is 12.3. The van der Waals surface area contributed by atoms with Gasteiger partial charge in [0.1, 0.15) is 0 Å². The lowest BCUT2D eigenvalue weighted by Crippen LogP contribution is -2.31. The minimum absolute atomic E-state index is 0.109. The summed E-state index contributed by atoms with van der Waals surface area (Å²) in [5.74, 6) is 0.243. The number of rotatable bonds is 6. The van der Waals surface area contributed by atoms with Crippen LogP contribution >= 0.6 is 0 Å². The van der Waals surface area contributed by atoms with Crippen LogP contribution in [-0.4, -0.2) is 32.2 Å². The maximum atomic E-state index is 12.3. The average molecular weight is 301 g/mol. The Kier molecular flexibility index (Phi) is 4.85. The van der Waals surface area contributed by atoms with Gasteiger partial charge in [0.05, 0.1) is 11.0 Å². The van der Waals surface area contributed by atoms with Crippen LogP contribution < -0.4 is 10.5 Å². The highest BCUT2D eigenvalue weighted by Gasteiger charge is 2.26. The van der Waals surface area contributed by atoms with Crippen molar-refractivity contribution in [2.45, 2.75) is 44.4 Å². The molecule has 20 heavy (non-hydrogen) atoms. The summed E-state index contributed by atoms with van der Waals surface area (Å²) in [4.78, 5) is 0.284. The van der Waals surface area contributed by atoms with Gasteiger partial charge in [-0.15, -0.1) is 0 Å². The van der Waals surface area contributed by atoms with Gasteiger partial charge in [-0.25, -0.2) is 13.1 Å². The molecule has 7 heteroatoms. The maximum Gasteiger partial charge on any atom is 0.242 e. The molecule has 0 aliphatic carbocycles. The lowest BCUT2D eigenvalue weighted by atomic mass is 10.0. The second kappa shape index (κ2) is 6.26. The van der Waals surface area contributed by atoms with E-state index in [1.807, 2.05) is 18.4 Å². The molecule has 6 nitrogen and oxygen atoms in total. The van der Waals surface area contributed by atoms with Crippen LogP contribution in [0.15, 0.2) is 17.2 Å². The predicted molar refractivity (Wildman–Crippen MR) is 76.7 cm³/mol. The van der Waals surface area contributed by atoms with Gasteiger partial charge in [0.15, 0.2) is 0 Å². The van der Waals surface area contributed by atoms with E-state index in [0.29, 0.717) is 26.2 Å². The van der Waals surface area contributed by atoms with Crippen molar-refractivity contribution in [1.82, 2.24) is 9.29 Å². The topological polar surface area (TPSA) is 86.3 Å². The molecule has 0 aromatic carbocycles. The zero-order valence-electron chi connectivity index (χ0n) is 12.0. The molecule has 1 saturated heterocycles. The van der Waals surface area contributed by atoms with Crippen LogP contribution in [0.5, 0.6) is 0 Å². The largest absolute Gasteiger partial charge is 0.378 e. The highest BCUT2D eigenvalue weighted by molar-refractivity contribution is 7.89. The molecule has 1 fully saturated rings. The first-order chi connectivity index (χ1) is 9.47. The number of nitrogens with zero attached hydrogens (tertiary/aromatic N) is 1. The molecular weight excluding hydrogens is 278 g/mol. The van der Waals surface area contributed by atoms with Crippen molar-refractivity contribution >= 4 is 10.0 Å². The third kappa shape index (κ3) is 3.22. The van der Waals surface area contributed by atoms with Crippen molar-refractivity contribution in [2.75, 3.05) is 13.2 Å². The van der Waals surface area contributed by atoms with Crippen LogP contribution in [-0.2, 0) is 27.8 Å². The van der Waals surface area contributed by atoms with Gasteiger partial charge in [-0.3, -0.25) is 0 Å². The summed E-state index contributed by atoms with van der Waals surface area (Å²) in [5.41, 5.74) is 6.45. The van der Waals surface area contributed by atoms with Gasteiger partial charge in [0, 0.05) is 44.0 Å². The molecule has 114 valence electrons.